The zero-order valence-electron chi connectivity index (χ0n) is 14.8. The van der Waals surface area contributed by atoms with Gasteiger partial charge >= 0.3 is 0 Å². The number of nitrogens with zero attached hydrogens (tertiary/aromatic N) is 3. The minimum absolute atomic E-state index is 0.0392. The Labute approximate surface area is 147 Å². The van der Waals surface area contributed by atoms with Crippen LogP contribution in [0.1, 0.15) is 28.9 Å². The van der Waals surface area contributed by atoms with Gasteiger partial charge in [-0.3, -0.25) is 4.79 Å². The number of nitrogens with one attached hydrogen (secondary N) is 1. The van der Waals surface area contributed by atoms with Crippen molar-refractivity contribution in [2.75, 3.05) is 5.32 Å². The van der Waals surface area contributed by atoms with Crippen LogP contribution in [-0.4, -0.2) is 20.7 Å². The van der Waals surface area contributed by atoms with Gasteiger partial charge in [0.25, 0.3) is 0 Å². The molecule has 3 aromatic rings. The molecule has 3 rings (SSSR count). The first-order valence-electron chi connectivity index (χ1n) is 8.37. The lowest BCUT2D eigenvalue weighted by Gasteiger charge is -2.06. The van der Waals surface area contributed by atoms with Crippen molar-refractivity contribution < 1.29 is 4.79 Å². The highest BCUT2D eigenvalue weighted by Gasteiger charge is 2.14. The second-order valence-electron chi connectivity index (χ2n) is 6.17. The number of hydrogen-bond acceptors (Lipinski definition) is 3. The molecule has 25 heavy (non-hydrogen) atoms. The van der Waals surface area contributed by atoms with E-state index in [9.17, 15) is 4.79 Å². The van der Waals surface area contributed by atoms with Crippen LogP contribution in [0.4, 0.5) is 5.82 Å². The van der Waals surface area contributed by atoms with Crippen molar-refractivity contribution in [3.8, 4) is 5.69 Å². The van der Waals surface area contributed by atoms with Crippen LogP contribution in [0.5, 0.6) is 0 Å². The highest BCUT2D eigenvalue weighted by Crippen LogP contribution is 2.19. The number of carbonyl (C=O) groups is 1. The lowest BCUT2D eigenvalue weighted by Crippen LogP contribution is -2.13. The minimum Gasteiger partial charge on any atom is -0.311 e. The Morgan fingerprint density at radius 2 is 1.84 bits per heavy atom. The van der Waals surface area contributed by atoms with E-state index in [0.717, 1.165) is 28.2 Å². The molecular weight excluding hydrogens is 312 g/mol. The summed E-state index contributed by atoms with van der Waals surface area (Å²) in [7, 11) is 0. The molecule has 0 saturated carbocycles. The fourth-order valence-corrected chi connectivity index (χ4v) is 2.84. The first-order valence-corrected chi connectivity index (χ1v) is 8.37. The van der Waals surface area contributed by atoms with Gasteiger partial charge in [0, 0.05) is 18.3 Å². The molecule has 128 valence electrons. The van der Waals surface area contributed by atoms with Gasteiger partial charge in [0.2, 0.25) is 5.91 Å². The van der Waals surface area contributed by atoms with Gasteiger partial charge in [-0.1, -0.05) is 24.3 Å². The van der Waals surface area contributed by atoms with Crippen LogP contribution >= 0.6 is 0 Å². The van der Waals surface area contributed by atoms with Gasteiger partial charge in [-0.2, -0.15) is 5.10 Å². The number of anilines is 1. The van der Waals surface area contributed by atoms with E-state index < -0.39 is 0 Å². The highest BCUT2D eigenvalue weighted by molar-refractivity contribution is 5.89. The Morgan fingerprint density at radius 1 is 1.08 bits per heavy atom. The second-order valence-corrected chi connectivity index (χ2v) is 6.17. The lowest BCUT2D eigenvalue weighted by atomic mass is 10.1. The third kappa shape index (κ3) is 3.94. The number of pyridine rings is 1. The molecule has 1 aromatic carbocycles. The van der Waals surface area contributed by atoms with Crippen LogP contribution in [0.2, 0.25) is 0 Å². The largest absolute Gasteiger partial charge is 0.311 e. The van der Waals surface area contributed by atoms with Gasteiger partial charge in [0.1, 0.15) is 5.82 Å². The number of amides is 1. The number of aryl methyl sites for hydroxylation is 2. The zero-order valence-corrected chi connectivity index (χ0v) is 14.8. The van der Waals surface area contributed by atoms with Crippen molar-refractivity contribution in [2.24, 2.45) is 0 Å². The molecule has 5 nitrogen and oxygen atoms in total. The van der Waals surface area contributed by atoms with Gasteiger partial charge in [-0.25, -0.2) is 9.67 Å². The average Bonchev–Trinajstić information content (AvgIpc) is 2.90. The number of benzene rings is 1. The first-order chi connectivity index (χ1) is 12.0. The molecule has 0 bridgehead atoms. The highest BCUT2D eigenvalue weighted by atomic mass is 16.1. The molecule has 5 heteroatoms. The topological polar surface area (TPSA) is 59.8 Å². The van der Waals surface area contributed by atoms with Crippen molar-refractivity contribution in [1.29, 1.82) is 0 Å². The number of hydrogen-bond donors (Lipinski definition) is 1. The fourth-order valence-electron chi connectivity index (χ4n) is 2.84. The molecule has 2 aromatic heterocycles. The van der Waals surface area contributed by atoms with E-state index in [1.165, 1.54) is 0 Å². The van der Waals surface area contributed by atoms with Gasteiger partial charge in [-0.15, -0.1) is 0 Å². The molecule has 0 radical (unpaired) electrons. The van der Waals surface area contributed by atoms with Crippen molar-refractivity contribution >= 4 is 11.7 Å². The van der Waals surface area contributed by atoms with Gasteiger partial charge in [0.05, 0.1) is 11.4 Å². The Hall–Kier alpha value is -2.95. The molecule has 2 heterocycles. The average molecular weight is 334 g/mol. The van der Waals surface area contributed by atoms with Crippen molar-refractivity contribution in [1.82, 2.24) is 14.8 Å². The first kappa shape index (κ1) is 16.9. The van der Waals surface area contributed by atoms with Crippen molar-refractivity contribution in [2.45, 2.75) is 33.6 Å². The maximum absolute atomic E-state index is 12.2. The van der Waals surface area contributed by atoms with Crippen LogP contribution in [0.25, 0.3) is 5.69 Å². The molecule has 0 spiro atoms. The predicted molar refractivity (Wildman–Crippen MR) is 99.0 cm³/mol. The smallest absolute Gasteiger partial charge is 0.225 e. The number of para-hydroxylation sites is 1. The summed E-state index contributed by atoms with van der Waals surface area (Å²) in [6, 6.07) is 13.8. The summed E-state index contributed by atoms with van der Waals surface area (Å²) in [6.45, 7) is 6.00. The van der Waals surface area contributed by atoms with E-state index in [1.807, 2.05) is 67.9 Å². The third-order valence-corrected chi connectivity index (χ3v) is 4.22. The van der Waals surface area contributed by atoms with E-state index >= 15 is 0 Å². The zero-order chi connectivity index (χ0) is 17.8. The molecule has 0 aliphatic carbocycles. The summed E-state index contributed by atoms with van der Waals surface area (Å²) < 4.78 is 1.93. The van der Waals surface area contributed by atoms with Gasteiger partial charge in [0.15, 0.2) is 0 Å². The van der Waals surface area contributed by atoms with E-state index in [1.54, 1.807) is 6.20 Å². The Morgan fingerprint density at radius 3 is 2.52 bits per heavy atom. The standard InChI is InChI=1S/C20H22N4O/c1-14-9-11-19(21-13-14)22-20(25)12-10-18-15(2)23-24(16(18)3)17-7-5-4-6-8-17/h4-9,11,13H,10,12H2,1-3H3,(H,21,22,25). The molecular formula is C20H22N4O. The predicted octanol–water partition coefficient (Wildman–Crippen LogP) is 3.76. The Kier molecular flexibility index (Phi) is 4.93. The SMILES string of the molecule is Cc1ccc(NC(=O)CCc2c(C)nn(-c3ccccc3)c2C)nc1. The number of rotatable bonds is 5. The van der Waals surface area contributed by atoms with Crippen LogP contribution in [0.15, 0.2) is 48.7 Å². The molecule has 1 amide bonds. The van der Waals surface area contributed by atoms with Crippen molar-refractivity contribution in [3.05, 3.63) is 71.2 Å². The fraction of sp³-hybridized carbons (Fsp3) is 0.250. The number of carbonyl (C=O) groups excluding carboxylic acids is 1. The van der Waals surface area contributed by atoms with E-state index in [0.29, 0.717) is 18.7 Å². The molecule has 0 atom stereocenters. The summed E-state index contributed by atoms with van der Waals surface area (Å²) >= 11 is 0. The van der Waals surface area contributed by atoms with E-state index in [2.05, 4.69) is 15.4 Å². The Balaban J connectivity index is 1.68. The maximum atomic E-state index is 12.2. The summed E-state index contributed by atoms with van der Waals surface area (Å²) in [4.78, 5) is 16.4. The van der Waals surface area contributed by atoms with Crippen molar-refractivity contribution in [3.63, 3.8) is 0 Å². The normalized spacial score (nSPS) is 10.7. The second kappa shape index (κ2) is 7.30. The lowest BCUT2D eigenvalue weighted by molar-refractivity contribution is -0.116. The molecule has 0 aliphatic rings. The van der Waals surface area contributed by atoms with E-state index in [4.69, 9.17) is 0 Å². The van der Waals surface area contributed by atoms with Crippen LogP contribution in [0.3, 0.4) is 0 Å². The third-order valence-electron chi connectivity index (χ3n) is 4.22. The van der Waals surface area contributed by atoms with Gasteiger partial charge < -0.3 is 5.32 Å². The molecule has 0 unspecified atom stereocenters. The Bertz CT molecular complexity index is 867. The minimum atomic E-state index is -0.0392. The summed E-state index contributed by atoms with van der Waals surface area (Å²) in [5.41, 5.74) is 5.25. The molecule has 0 saturated heterocycles. The monoisotopic (exact) mass is 334 g/mol. The summed E-state index contributed by atoms with van der Waals surface area (Å²) in [5.74, 6) is 0.548. The van der Waals surface area contributed by atoms with Crippen LogP contribution < -0.4 is 5.32 Å². The molecule has 0 aliphatic heterocycles. The van der Waals surface area contributed by atoms with Crippen LogP contribution in [-0.2, 0) is 11.2 Å². The summed E-state index contributed by atoms with van der Waals surface area (Å²) in [6.07, 6.45) is 2.80. The summed E-state index contributed by atoms with van der Waals surface area (Å²) in [5, 5.41) is 7.46. The van der Waals surface area contributed by atoms with Gasteiger partial charge in [-0.05, 0) is 56.5 Å². The number of aromatic nitrogens is 3. The quantitative estimate of drug-likeness (QED) is 0.773. The molecule has 1 N–H and O–H groups in total. The van der Waals surface area contributed by atoms with Crippen LogP contribution in [0, 0.1) is 20.8 Å². The maximum Gasteiger partial charge on any atom is 0.225 e. The van der Waals surface area contributed by atoms with E-state index in [-0.39, 0.29) is 5.91 Å². The molecule has 0 fully saturated rings.